The van der Waals surface area contributed by atoms with Crippen molar-refractivity contribution in [3.05, 3.63) is 30.3 Å². The highest BCUT2D eigenvalue weighted by Crippen LogP contribution is 2.17. The Balaban J connectivity index is 3.28. The molecule has 1 aromatic rings. The van der Waals surface area contributed by atoms with Crippen molar-refractivity contribution in [1.82, 2.24) is 0 Å². The summed E-state index contributed by atoms with van der Waals surface area (Å²) in [7, 11) is -3.83. The molecule has 1 aromatic carbocycles. The van der Waals surface area contributed by atoms with Gasteiger partial charge in [0.15, 0.2) is 0 Å². The van der Waals surface area contributed by atoms with Crippen LogP contribution in [0.4, 0.5) is 10.5 Å². The lowest BCUT2D eigenvalue weighted by atomic mass is 10.3. The largest absolute Gasteiger partial charge is 0.372 e. The van der Waals surface area contributed by atoms with E-state index < -0.39 is 16.1 Å². The van der Waals surface area contributed by atoms with Crippen LogP contribution in [0.5, 0.6) is 0 Å². The van der Waals surface area contributed by atoms with Gasteiger partial charge in [0.2, 0.25) is 16.1 Å². The summed E-state index contributed by atoms with van der Waals surface area (Å²) in [4.78, 5) is 24.0. The molecule has 84 valence electrons. The smallest absolute Gasteiger partial charge is 0.244 e. The molecule has 0 bridgehead atoms. The minimum Gasteiger partial charge on any atom is -0.244 e. The normalized spacial score (nSPS) is 10.3. The van der Waals surface area contributed by atoms with Crippen LogP contribution in [0.15, 0.2) is 35.3 Å². The summed E-state index contributed by atoms with van der Waals surface area (Å²) in [5.41, 5.74) is 0.119. The van der Waals surface area contributed by atoms with Crippen LogP contribution in [0.3, 0.4) is 0 Å². The SMILES string of the molecule is CS(=O)(=O)N(C(=O)N=C=O)c1ccccc1. The zero-order chi connectivity index (χ0) is 12.2. The molecule has 6 nitrogen and oxygen atoms in total. The predicted molar refractivity (Wildman–Crippen MR) is 57.3 cm³/mol. The van der Waals surface area contributed by atoms with E-state index in [0.29, 0.717) is 4.31 Å². The highest BCUT2D eigenvalue weighted by atomic mass is 32.2. The second-order valence-electron chi connectivity index (χ2n) is 2.85. The van der Waals surface area contributed by atoms with E-state index in [0.717, 1.165) is 12.3 Å². The summed E-state index contributed by atoms with van der Waals surface area (Å²) >= 11 is 0. The van der Waals surface area contributed by atoms with Gasteiger partial charge in [0.25, 0.3) is 0 Å². The lowest BCUT2D eigenvalue weighted by Gasteiger charge is -2.16. The zero-order valence-electron chi connectivity index (χ0n) is 8.32. The van der Waals surface area contributed by atoms with E-state index in [9.17, 15) is 18.0 Å². The van der Waals surface area contributed by atoms with Crippen LogP contribution in [0.25, 0.3) is 0 Å². The van der Waals surface area contributed by atoms with E-state index in [1.54, 1.807) is 18.2 Å². The molecule has 0 unspecified atom stereocenters. The van der Waals surface area contributed by atoms with Gasteiger partial charge in [0.05, 0.1) is 11.9 Å². The Morgan fingerprint density at radius 3 is 2.31 bits per heavy atom. The molecule has 0 aliphatic carbocycles. The van der Waals surface area contributed by atoms with Crippen LogP contribution < -0.4 is 4.31 Å². The van der Waals surface area contributed by atoms with Crippen molar-refractivity contribution in [2.24, 2.45) is 4.99 Å². The van der Waals surface area contributed by atoms with Crippen LogP contribution in [0.2, 0.25) is 0 Å². The van der Waals surface area contributed by atoms with E-state index in [4.69, 9.17) is 0 Å². The van der Waals surface area contributed by atoms with E-state index in [2.05, 4.69) is 4.99 Å². The topological polar surface area (TPSA) is 83.9 Å². The monoisotopic (exact) mass is 240 g/mol. The van der Waals surface area contributed by atoms with Gasteiger partial charge >= 0.3 is 6.03 Å². The predicted octanol–water partition coefficient (Wildman–Crippen LogP) is 0.908. The van der Waals surface area contributed by atoms with Gasteiger partial charge in [0.1, 0.15) is 0 Å². The first-order valence-corrected chi connectivity index (χ1v) is 5.99. The molecule has 2 amide bonds. The van der Waals surface area contributed by atoms with Crippen molar-refractivity contribution in [3.8, 4) is 0 Å². The van der Waals surface area contributed by atoms with Gasteiger partial charge in [0, 0.05) is 0 Å². The van der Waals surface area contributed by atoms with Crippen molar-refractivity contribution >= 4 is 27.8 Å². The first kappa shape index (κ1) is 12.1. The lowest BCUT2D eigenvalue weighted by Crippen LogP contribution is -2.33. The molecule has 0 spiro atoms. The number of benzene rings is 1. The number of rotatable bonds is 2. The Labute approximate surface area is 92.3 Å². The first-order chi connectivity index (χ1) is 7.46. The van der Waals surface area contributed by atoms with Gasteiger partial charge in [-0.2, -0.15) is 4.31 Å². The molecular weight excluding hydrogens is 232 g/mol. The molecule has 0 heterocycles. The van der Waals surface area contributed by atoms with E-state index in [1.807, 2.05) is 0 Å². The third-order valence-corrected chi connectivity index (χ3v) is 2.67. The number of amides is 2. The molecule has 0 fully saturated rings. The molecule has 0 aliphatic rings. The first-order valence-electron chi connectivity index (χ1n) is 4.14. The van der Waals surface area contributed by atoms with Gasteiger partial charge < -0.3 is 0 Å². The number of carbonyl (C=O) groups is 1. The number of sulfonamides is 1. The second-order valence-corrected chi connectivity index (χ2v) is 4.68. The maximum atomic E-state index is 11.4. The van der Waals surface area contributed by atoms with Crippen LogP contribution in [-0.2, 0) is 14.8 Å². The second kappa shape index (κ2) is 4.69. The average Bonchev–Trinajstić information content (AvgIpc) is 2.17. The number of aliphatic imine (C=N–C) groups is 1. The van der Waals surface area contributed by atoms with Gasteiger partial charge in [-0.25, -0.2) is 18.0 Å². The number of hydrogen-bond donors (Lipinski definition) is 0. The summed E-state index contributed by atoms with van der Waals surface area (Å²) in [6.45, 7) is 0. The summed E-state index contributed by atoms with van der Waals surface area (Å²) in [6, 6.07) is 6.43. The van der Waals surface area contributed by atoms with Crippen LogP contribution in [0, 0.1) is 0 Å². The average molecular weight is 240 g/mol. The Morgan fingerprint density at radius 2 is 1.88 bits per heavy atom. The molecule has 0 atom stereocenters. The molecular formula is C9H8N2O4S. The van der Waals surface area contributed by atoms with Crippen LogP contribution >= 0.6 is 0 Å². The molecule has 0 saturated carbocycles. The van der Waals surface area contributed by atoms with Gasteiger partial charge in [-0.3, -0.25) is 0 Å². The fraction of sp³-hybridized carbons (Fsp3) is 0.111. The summed E-state index contributed by atoms with van der Waals surface area (Å²) in [5, 5.41) is 0. The number of carbonyl (C=O) groups excluding carboxylic acids is 2. The van der Waals surface area contributed by atoms with Gasteiger partial charge in [-0.05, 0) is 12.1 Å². The number of anilines is 1. The number of isocyanates is 1. The maximum absolute atomic E-state index is 11.4. The number of hydrogen-bond acceptors (Lipinski definition) is 4. The molecule has 7 heteroatoms. The third kappa shape index (κ3) is 2.75. The van der Waals surface area contributed by atoms with Crippen molar-refractivity contribution in [1.29, 1.82) is 0 Å². The molecule has 0 saturated heterocycles. The molecule has 0 radical (unpaired) electrons. The highest BCUT2D eigenvalue weighted by Gasteiger charge is 2.24. The quantitative estimate of drug-likeness (QED) is 0.568. The summed E-state index contributed by atoms with van der Waals surface area (Å²) in [5.74, 6) is 0. The van der Waals surface area contributed by atoms with Crippen molar-refractivity contribution in [2.45, 2.75) is 0 Å². The van der Waals surface area contributed by atoms with E-state index >= 15 is 0 Å². The minimum atomic E-state index is -3.83. The number of nitrogens with zero attached hydrogens (tertiary/aromatic N) is 2. The highest BCUT2D eigenvalue weighted by molar-refractivity contribution is 7.92. The standard InChI is InChI=1S/C9H8N2O4S/c1-16(14,15)11(9(13)10-7-12)8-5-3-2-4-6-8/h2-6H,1H3. The minimum absolute atomic E-state index is 0.119. The van der Waals surface area contributed by atoms with Crippen LogP contribution in [-0.4, -0.2) is 26.8 Å². The molecule has 0 N–H and O–H groups in total. The number of urea groups is 1. The molecule has 16 heavy (non-hydrogen) atoms. The van der Waals surface area contributed by atoms with Gasteiger partial charge in [-0.15, -0.1) is 4.99 Å². The Morgan fingerprint density at radius 1 is 1.31 bits per heavy atom. The van der Waals surface area contributed by atoms with Crippen molar-refractivity contribution < 1.29 is 18.0 Å². The zero-order valence-corrected chi connectivity index (χ0v) is 9.14. The molecule has 0 aromatic heterocycles. The van der Waals surface area contributed by atoms with E-state index in [1.165, 1.54) is 12.1 Å². The van der Waals surface area contributed by atoms with Crippen molar-refractivity contribution in [3.63, 3.8) is 0 Å². The summed E-state index contributed by atoms with van der Waals surface area (Å²) < 4.78 is 23.2. The van der Waals surface area contributed by atoms with Crippen molar-refractivity contribution in [2.75, 3.05) is 10.6 Å². The lowest BCUT2D eigenvalue weighted by molar-refractivity contribution is 0.257. The Kier molecular flexibility index (Phi) is 3.55. The molecule has 1 rings (SSSR count). The maximum Gasteiger partial charge on any atom is 0.372 e. The number of para-hydroxylation sites is 1. The van der Waals surface area contributed by atoms with Crippen LogP contribution in [0.1, 0.15) is 0 Å². The fourth-order valence-corrected chi connectivity index (χ4v) is 1.92. The summed E-state index contributed by atoms with van der Waals surface area (Å²) in [6.07, 6.45) is 1.85. The van der Waals surface area contributed by atoms with E-state index in [-0.39, 0.29) is 5.69 Å². The van der Waals surface area contributed by atoms with Gasteiger partial charge in [-0.1, -0.05) is 18.2 Å². The fourth-order valence-electron chi connectivity index (χ4n) is 1.09. The third-order valence-electron chi connectivity index (χ3n) is 1.64. The Hall–Kier alpha value is -1.98. The molecule has 0 aliphatic heterocycles. The Bertz CT molecular complexity index is 532.